The van der Waals surface area contributed by atoms with Gasteiger partial charge in [-0.25, -0.2) is 9.97 Å². The van der Waals surface area contributed by atoms with Crippen molar-refractivity contribution in [3.05, 3.63) is 47.9 Å². The Hall–Kier alpha value is -2.21. The molecule has 0 aliphatic carbocycles. The fourth-order valence-corrected chi connectivity index (χ4v) is 4.45. The van der Waals surface area contributed by atoms with Crippen LogP contribution >= 0.6 is 0 Å². The summed E-state index contributed by atoms with van der Waals surface area (Å²) in [7, 11) is -0.932. The van der Waals surface area contributed by atoms with Crippen LogP contribution in [0.5, 0.6) is 0 Å². The van der Waals surface area contributed by atoms with Gasteiger partial charge in [-0.3, -0.25) is 4.21 Å². The lowest BCUT2D eigenvalue weighted by Crippen LogP contribution is -2.06. The maximum atomic E-state index is 12.3. The summed E-state index contributed by atoms with van der Waals surface area (Å²) >= 11 is 0. The fraction of sp³-hybridized carbons (Fsp3) is 0.400. The minimum Gasteiger partial charge on any atom is -0.382 e. The average molecular weight is 371 g/mol. The number of imidazole rings is 1. The second-order valence-electron chi connectivity index (χ2n) is 6.87. The second kappa shape index (κ2) is 7.99. The quantitative estimate of drug-likeness (QED) is 0.637. The Labute approximate surface area is 157 Å². The molecule has 26 heavy (non-hydrogen) atoms. The molecule has 2 N–H and O–H groups in total. The van der Waals surface area contributed by atoms with Crippen LogP contribution in [0.15, 0.2) is 41.6 Å². The van der Waals surface area contributed by atoms with Crippen LogP contribution < -0.4 is 5.73 Å². The van der Waals surface area contributed by atoms with Gasteiger partial charge in [-0.15, -0.1) is 0 Å². The highest BCUT2D eigenvalue weighted by Crippen LogP contribution is 2.28. The number of anilines is 1. The number of rotatable bonds is 7. The Morgan fingerprint density at radius 3 is 2.62 bits per heavy atom. The summed E-state index contributed by atoms with van der Waals surface area (Å²) in [6.07, 6.45) is 3.69. The SMILES string of the molecule is Cc1c(C(C)C)nc(N)c2ncn(CCCCS(=O)c3ccccc3)c12. The molecule has 0 amide bonds. The Bertz CT molecular complexity index is 918. The van der Waals surface area contributed by atoms with E-state index in [1.807, 2.05) is 36.7 Å². The summed E-state index contributed by atoms with van der Waals surface area (Å²) in [6, 6.07) is 9.65. The van der Waals surface area contributed by atoms with Crippen LogP contribution in [0.2, 0.25) is 0 Å². The van der Waals surface area contributed by atoms with E-state index in [2.05, 4.69) is 35.3 Å². The van der Waals surface area contributed by atoms with Crippen molar-refractivity contribution >= 4 is 27.7 Å². The van der Waals surface area contributed by atoms with Crippen molar-refractivity contribution in [2.75, 3.05) is 11.5 Å². The van der Waals surface area contributed by atoms with Gasteiger partial charge in [0.2, 0.25) is 0 Å². The third kappa shape index (κ3) is 3.80. The number of nitrogen functional groups attached to an aromatic ring is 1. The predicted molar refractivity (Wildman–Crippen MR) is 108 cm³/mol. The van der Waals surface area contributed by atoms with Gasteiger partial charge in [0.05, 0.1) is 28.3 Å². The lowest BCUT2D eigenvalue weighted by Gasteiger charge is -2.13. The summed E-state index contributed by atoms with van der Waals surface area (Å²) < 4.78 is 14.5. The molecule has 2 heterocycles. The van der Waals surface area contributed by atoms with Crippen molar-refractivity contribution in [2.24, 2.45) is 0 Å². The normalized spacial score (nSPS) is 12.8. The molecular weight excluding hydrogens is 344 g/mol. The molecule has 0 aliphatic rings. The van der Waals surface area contributed by atoms with E-state index in [0.717, 1.165) is 46.6 Å². The van der Waals surface area contributed by atoms with E-state index < -0.39 is 10.8 Å². The van der Waals surface area contributed by atoms with Crippen LogP contribution in [0, 0.1) is 6.92 Å². The number of hydrogen-bond donors (Lipinski definition) is 1. The lowest BCUT2D eigenvalue weighted by atomic mass is 10.0. The first-order valence-corrected chi connectivity index (χ1v) is 10.3. The van der Waals surface area contributed by atoms with Crippen LogP contribution in [0.3, 0.4) is 0 Å². The van der Waals surface area contributed by atoms with Gasteiger partial charge >= 0.3 is 0 Å². The number of hydrogen-bond acceptors (Lipinski definition) is 4. The molecule has 1 atom stereocenters. The maximum Gasteiger partial charge on any atom is 0.151 e. The highest BCUT2D eigenvalue weighted by Gasteiger charge is 2.16. The molecule has 0 spiro atoms. The molecule has 5 nitrogen and oxygen atoms in total. The van der Waals surface area contributed by atoms with E-state index in [1.54, 1.807) is 0 Å². The highest BCUT2D eigenvalue weighted by molar-refractivity contribution is 7.85. The van der Waals surface area contributed by atoms with Gasteiger partial charge in [-0.05, 0) is 43.4 Å². The minimum atomic E-state index is -0.932. The minimum absolute atomic E-state index is 0.318. The summed E-state index contributed by atoms with van der Waals surface area (Å²) in [4.78, 5) is 9.88. The zero-order valence-electron chi connectivity index (χ0n) is 15.6. The molecule has 0 aliphatic heterocycles. The van der Waals surface area contributed by atoms with Gasteiger partial charge < -0.3 is 10.3 Å². The topological polar surface area (TPSA) is 73.8 Å². The molecule has 0 saturated heterocycles. The molecule has 2 aromatic heterocycles. The summed E-state index contributed by atoms with van der Waals surface area (Å²) in [5, 5.41) is 0. The van der Waals surface area contributed by atoms with Crippen molar-refractivity contribution in [3.8, 4) is 0 Å². The third-order valence-electron chi connectivity index (χ3n) is 4.59. The van der Waals surface area contributed by atoms with Crippen LogP contribution in [0.25, 0.3) is 11.0 Å². The molecule has 0 fully saturated rings. The van der Waals surface area contributed by atoms with Crippen molar-refractivity contribution in [1.29, 1.82) is 0 Å². The van der Waals surface area contributed by atoms with Crippen molar-refractivity contribution in [2.45, 2.75) is 51.0 Å². The van der Waals surface area contributed by atoms with Crippen LogP contribution in [0.1, 0.15) is 43.9 Å². The van der Waals surface area contributed by atoms with E-state index in [-0.39, 0.29) is 0 Å². The molecule has 0 saturated carbocycles. The zero-order valence-corrected chi connectivity index (χ0v) is 16.4. The summed E-state index contributed by atoms with van der Waals surface area (Å²) in [6.45, 7) is 7.18. The molecule has 3 rings (SSSR count). The molecule has 138 valence electrons. The number of aryl methyl sites for hydroxylation is 2. The standard InChI is InChI=1S/C20H26N4OS/c1-14(2)17-15(3)19-18(20(21)23-17)22-13-24(19)11-7-8-12-26(25)16-9-5-4-6-10-16/h4-6,9-10,13-14H,7-8,11-12H2,1-3H3,(H2,21,23). The summed E-state index contributed by atoms with van der Waals surface area (Å²) in [5.74, 6) is 1.49. The van der Waals surface area contributed by atoms with E-state index in [9.17, 15) is 4.21 Å². The van der Waals surface area contributed by atoms with Gasteiger partial charge in [0, 0.05) is 17.2 Å². The smallest absolute Gasteiger partial charge is 0.151 e. The Kier molecular flexibility index (Phi) is 5.71. The maximum absolute atomic E-state index is 12.3. The van der Waals surface area contributed by atoms with Crippen LogP contribution in [0.4, 0.5) is 5.82 Å². The molecule has 0 bridgehead atoms. The van der Waals surface area contributed by atoms with Gasteiger partial charge in [0.15, 0.2) is 5.82 Å². The molecule has 1 unspecified atom stereocenters. The first-order valence-electron chi connectivity index (χ1n) is 9.03. The van der Waals surface area contributed by atoms with E-state index in [0.29, 0.717) is 17.5 Å². The third-order valence-corrected chi connectivity index (χ3v) is 6.05. The monoisotopic (exact) mass is 370 g/mol. The number of aromatic nitrogens is 3. The first kappa shape index (κ1) is 18.6. The van der Waals surface area contributed by atoms with Crippen molar-refractivity contribution in [1.82, 2.24) is 14.5 Å². The Balaban J connectivity index is 1.69. The number of pyridine rings is 1. The Morgan fingerprint density at radius 2 is 1.92 bits per heavy atom. The second-order valence-corrected chi connectivity index (χ2v) is 8.44. The van der Waals surface area contributed by atoms with Gasteiger partial charge in [0.1, 0.15) is 5.52 Å². The van der Waals surface area contributed by atoms with Gasteiger partial charge in [0.25, 0.3) is 0 Å². The molecule has 3 aromatic rings. The number of fused-ring (bicyclic) bond motifs is 1. The fourth-order valence-electron chi connectivity index (χ4n) is 3.29. The molecule has 1 aromatic carbocycles. The first-order chi connectivity index (χ1) is 12.5. The Morgan fingerprint density at radius 1 is 1.19 bits per heavy atom. The van der Waals surface area contributed by atoms with E-state index in [4.69, 9.17) is 5.73 Å². The number of nitrogens with two attached hydrogens (primary N) is 1. The molecule has 0 radical (unpaired) electrons. The van der Waals surface area contributed by atoms with E-state index >= 15 is 0 Å². The zero-order chi connectivity index (χ0) is 18.7. The van der Waals surface area contributed by atoms with Gasteiger partial charge in [-0.1, -0.05) is 32.0 Å². The number of benzene rings is 1. The molecule has 6 heteroatoms. The van der Waals surface area contributed by atoms with Crippen LogP contribution in [-0.2, 0) is 17.3 Å². The molecular formula is C20H26N4OS. The number of nitrogens with zero attached hydrogens (tertiary/aromatic N) is 3. The largest absolute Gasteiger partial charge is 0.382 e. The van der Waals surface area contributed by atoms with Crippen molar-refractivity contribution < 1.29 is 4.21 Å². The highest BCUT2D eigenvalue weighted by atomic mass is 32.2. The average Bonchev–Trinajstić information content (AvgIpc) is 3.07. The van der Waals surface area contributed by atoms with Gasteiger partial charge in [-0.2, -0.15) is 0 Å². The summed E-state index contributed by atoms with van der Waals surface area (Å²) in [5.41, 5.74) is 10.1. The lowest BCUT2D eigenvalue weighted by molar-refractivity contribution is 0.637. The van der Waals surface area contributed by atoms with Crippen LogP contribution in [-0.4, -0.2) is 24.5 Å². The predicted octanol–water partition coefficient (Wildman–Crippen LogP) is 4.03. The van der Waals surface area contributed by atoms with Crippen molar-refractivity contribution in [3.63, 3.8) is 0 Å². The van der Waals surface area contributed by atoms with E-state index in [1.165, 1.54) is 0 Å². The number of unbranched alkanes of at least 4 members (excludes halogenated alkanes) is 1.